The first-order chi connectivity index (χ1) is 8.84. The fraction of sp³-hybridized carbons (Fsp3) is 0.385. The summed E-state index contributed by atoms with van der Waals surface area (Å²) >= 11 is 6.80. The van der Waals surface area contributed by atoms with Crippen LogP contribution in [0.25, 0.3) is 11.4 Å². The van der Waals surface area contributed by atoms with Gasteiger partial charge in [-0.25, -0.2) is 4.39 Å². The van der Waals surface area contributed by atoms with Crippen molar-refractivity contribution in [2.75, 3.05) is 0 Å². The zero-order chi connectivity index (χ0) is 14.2. The summed E-state index contributed by atoms with van der Waals surface area (Å²) in [6.07, 6.45) is 0. The highest BCUT2D eigenvalue weighted by Gasteiger charge is 2.24. The van der Waals surface area contributed by atoms with Crippen molar-refractivity contribution in [2.45, 2.75) is 31.6 Å². The number of alkyl halides is 1. The Morgan fingerprint density at radius 2 is 1.95 bits per heavy atom. The van der Waals surface area contributed by atoms with E-state index >= 15 is 0 Å². The molecule has 0 saturated carbocycles. The van der Waals surface area contributed by atoms with Crippen LogP contribution in [0.1, 0.15) is 26.6 Å². The van der Waals surface area contributed by atoms with E-state index in [9.17, 15) is 4.39 Å². The zero-order valence-corrected chi connectivity index (χ0v) is 14.1. The van der Waals surface area contributed by atoms with Gasteiger partial charge >= 0.3 is 0 Å². The highest BCUT2D eigenvalue weighted by Crippen LogP contribution is 2.32. The molecule has 2 aromatic rings. The molecular weight excluding hydrogens is 377 g/mol. The molecule has 1 aromatic heterocycles. The molecule has 0 saturated heterocycles. The summed E-state index contributed by atoms with van der Waals surface area (Å²) in [7, 11) is 0. The summed E-state index contributed by atoms with van der Waals surface area (Å²) in [4.78, 5) is 0. The third-order valence-corrected chi connectivity index (χ3v) is 3.85. The topological polar surface area (TPSA) is 30.7 Å². The van der Waals surface area contributed by atoms with Crippen molar-refractivity contribution in [2.24, 2.45) is 0 Å². The van der Waals surface area contributed by atoms with Gasteiger partial charge in [-0.1, -0.05) is 15.9 Å². The molecule has 0 bridgehead atoms. The summed E-state index contributed by atoms with van der Waals surface area (Å²) in [5.74, 6) is 1.30. The molecule has 0 aliphatic heterocycles. The third kappa shape index (κ3) is 2.89. The zero-order valence-electron chi connectivity index (χ0n) is 10.9. The monoisotopic (exact) mass is 389 g/mol. The quantitative estimate of drug-likeness (QED) is 0.707. The van der Waals surface area contributed by atoms with Gasteiger partial charge in [0, 0.05) is 15.6 Å². The van der Waals surface area contributed by atoms with Crippen LogP contribution in [-0.4, -0.2) is 14.8 Å². The molecule has 0 amide bonds. The Balaban J connectivity index is 2.66. The molecule has 0 radical (unpaired) electrons. The molecule has 0 spiro atoms. The molecule has 102 valence electrons. The second kappa shape index (κ2) is 5.32. The van der Waals surface area contributed by atoms with Crippen molar-refractivity contribution in [3.8, 4) is 11.4 Å². The number of benzene rings is 1. The Morgan fingerprint density at radius 1 is 1.26 bits per heavy atom. The molecule has 0 N–H and O–H groups in total. The smallest absolute Gasteiger partial charge is 0.165 e. The first-order valence-corrected chi connectivity index (χ1v) is 7.72. The van der Waals surface area contributed by atoms with Gasteiger partial charge in [-0.2, -0.15) is 0 Å². The summed E-state index contributed by atoms with van der Waals surface area (Å²) in [6.45, 7) is 6.26. The molecule has 0 aliphatic carbocycles. The molecule has 0 aliphatic rings. The maximum atomic E-state index is 13.2. The largest absolute Gasteiger partial charge is 0.305 e. The minimum atomic E-state index is -0.279. The van der Waals surface area contributed by atoms with Crippen LogP contribution >= 0.6 is 31.9 Å². The van der Waals surface area contributed by atoms with Gasteiger partial charge in [0.15, 0.2) is 5.82 Å². The van der Waals surface area contributed by atoms with Gasteiger partial charge < -0.3 is 4.57 Å². The van der Waals surface area contributed by atoms with Gasteiger partial charge in [0.05, 0.1) is 5.33 Å². The van der Waals surface area contributed by atoms with E-state index in [4.69, 9.17) is 0 Å². The van der Waals surface area contributed by atoms with E-state index in [1.165, 1.54) is 12.1 Å². The fourth-order valence-corrected chi connectivity index (χ4v) is 2.84. The standard InChI is InChI=1S/C13H14Br2FN3/c1-13(2,3)19-11(7-14)17-18-12(19)9-5-4-8(16)6-10(9)15/h4-6H,7H2,1-3H3. The number of halogens is 3. The molecule has 2 rings (SSSR count). The van der Waals surface area contributed by atoms with Crippen LogP contribution in [0.2, 0.25) is 0 Å². The molecule has 19 heavy (non-hydrogen) atoms. The Kier molecular flexibility index (Phi) is 4.11. The van der Waals surface area contributed by atoms with Crippen molar-refractivity contribution in [1.82, 2.24) is 14.8 Å². The predicted octanol–water partition coefficient (Wildman–Crippen LogP) is 4.50. The van der Waals surface area contributed by atoms with Crippen LogP contribution in [0.5, 0.6) is 0 Å². The first kappa shape index (κ1) is 14.7. The maximum Gasteiger partial charge on any atom is 0.165 e. The van der Waals surface area contributed by atoms with E-state index in [1.54, 1.807) is 6.07 Å². The lowest BCUT2D eigenvalue weighted by Crippen LogP contribution is -2.24. The van der Waals surface area contributed by atoms with Crippen LogP contribution in [0.4, 0.5) is 4.39 Å². The number of aromatic nitrogens is 3. The molecule has 0 fully saturated rings. The first-order valence-electron chi connectivity index (χ1n) is 5.80. The SMILES string of the molecule is CC(C)(C)n1c(CBr)nnc1-c1ccc(F)cc1Br. The molecule has 0 atom stereocenters. The number of rotatable bonds is 2. The highest BCUT2D eigenvalue weighted by molar-refractivity contribution is 9.10. The van der Waals surface area contributed by atoms with Crippen LogP contribution in [-0.2, 0) is 10.9 Å². The van der Waals surface area contributed by atoms with Gasteiger partial charge in [0.1, 0.15) is 11.6 Å². The predicted molar refractivity (Wildman–Crippen MR) is 80.7 cm³/mol. The average Bonchev–Trinajstić information content (AvgIpc) is 2.72. The van der Waals surface area contributed by atoms with Crippen LogP contribution in [0.15, 0.2) is 22.7 Å². The van der Waals surface area contributed by atoms with Crippen molar-refractivity contribution in [3.63, 3.8) is 0 Å². The number of nitrogens with zero attached hydrogens (tertiary/aromatic N) is 3. The minimum Gasteiger partial charge on any atom is -0.305 e. The van der Waals surface area contributed by atoms with Gasteiger partial charge in [0.2, 0.25) is 0 Å². The highest BCUT2D eigenvalue weighted by atomic mass is 79.9. The van der Waals surface area contributed by atoms with Crippen LogP contribution in [0, 0.1) is 5.82 Å². The molecule has 1 aromatic carbocycles. The van der Waals surface area contributed by atoms with E-state index in [0.29, 0.717) is 9.80 Å². The summed E-state index contributed by atoms with van der Waals surface area (Å²) in [5, 5.41) is 9.06. The summed E-state index contributed by atoms with van der Waals surface area (Å²) in [5.41, 5.74) is 0.673. The normalized spacial score (nSPS) is 11.9. The maximum absolute atomic E-state index is 13.2. The van der Waals surface area contributed by atoms with Gasteiger partial charge in [-0.15, -0.1) is 10.2 Å². The Bertz CT molecular complexity index is 602. The molecule has 1 heterocycles. The minimum absolute atomic E-state index is 0.157. The van der Waals surface area contributed by atoms with E-state index in [-0.39, 0.29) is 11.4 Å². The van der Waals surface area contributed by atoms with Crippen molar-refractivity contribution in [1.29, 1.82) is 0 Å². The van der Waals surface area contributed by atoms with E-state index < -0.39 is 0 Å². The number of hydrogen-bond acceptors (Lipinski definition) is 2. The lowest BCUT2D eigenvalue weighted by molar-refractivity contribution is 0.391. The molecular formula is C13H14Br2FN3. The third-order valence-electron chi connectivity index (χ3n) is 2.69. The summed E-state index contributed by atoms with van der Waals surface area (Å²) < 4.78 is 15.9. The van der Waals surface area contributed by atoms with E-state index in [2.05, 4.69) is 67.4 Å². The van der Waals surface area contributed by atoms with Crippen LogP contribution < -0.4 is 0 Å². The lowest BCUT2D eigenvalue weighted by atomic mass is 10.1. The van der Waals surface area contributed by atoms with Crippen molar-refractivity contribution >= 4 is 31.9 Å². The summed E-state index contributed by atoms with van der Waals surface area (Å²) in [6, 6.07) is 4.57. The molecule has 3 nitrogen and oxygen atoms in total. The van der Waals surface area contributed by atoms with Gasteiger partial charge in [-0.3, -0.25) is 0 Å². The fourth-order valence-electron chi connectivity index (χ4n) is 1.95. The van der Waals surface area contributed by atoms with Crippen LogP contribution in [0.3, 0.4) is 0 Å². The Morgan fingerprint density at radius 3 is 2.47 bits per heavy atom. The second-order valence-electron chi connectivity index (χ2n) is 5.20. The molecule has 0 unspecified atom stereocenters. The van der Waals surface area contributed by atoms with Crippen molar-refractivity contribution in [3.05, 3.63) is 34.3 Å². The Labute approximate surface area is 128 Å². The van der Waals surface area contributed by atoms with Crippen molar-refractivity contribution < 1.29 is 4.39 Å². The second-order valence-corrected chi connectivity index (χ2v) is 6.62. The number of hydrogen-bond donors (Lipinski definition) is 0. The van der Waals surface area contributed by atoms with E-state index in [0.717, 1.165) is 17.2 Å². The average molecular weight is 391 g/mol. The van der Waals surface area contributed by atoms with E-state index in [1.807, 2.05) is 0 Å². The van der Waals surface area contributed by atoms with Gasteiger partial charge in [0.25, 0.3) is 0 Å². The lowest BCUT2D eigenvalue weighted by Gasteiger charge is -2.25. The Hall–Kier alpha value is -0.750. The molecule has 6 heteroatoms. The van der Waals surface area contributed by atoms with Gasteiger partial charge in [-0.05, 0) is 54.9 Å².